The van der Waals surface area contributed by atoms with Gasteiger partial charge in [-0.2, -0.15) is 0 Å². The average Bonchev–Trinajstić information content (AvgIpc) is 2.27. The molecule has 0 radical (unpaired) electrons. The van der Waals surface area contributed by atoms with E-state index in [2.05, 4.69) is 30.7 Å². The van der Waals surface area contributed by atoms with E-state index in [1.165, 1.54) is 6.33 Å². The minimum atomic E-state index is -0.0489. The normalized spacial score (nSPS) is 11.3. The number of aromatic nitrogens is 2. The first kappa shape index (κ1) is 12.7. The summed E-state index contributed by atoms with van der Waals surface area (Å²) in [5.74, 6) is 1.20. The molecule has 0 amide bonds. The van der Waals surface area contributed by atoms with Gasteiger partial charge in [-0.3, -0.25) is 0 Å². The second-order valence-corrected chi connectivity index (χ2v) is 4.40. The zero-order chi connectivity index (χ0) is 12.2. The van der Waals surface area contributed by atoms with Crippen molar-refractivity contribution in [3.8, 4) is 11.8 Å². The molecule has 1 rings (SSSR count). The van der Waals surface area contributed by atoms with Crippen LogP contribution in [0.3, 0.4) is 0 Å². The van der Waals surface area contributed by atoms with Gasteiger partial charge < -0.3 is 9.47 Å². The Bertz CT molecular complexity index is 329. The molecular weight excluding hydrogens is 204 g/mol. The lowest BCUT2D eigenvalue weighted by Gasteiger charge is -2.26. The summed E-state index contributed by atoms with van der Waals surface area (Å²) in [4.78, 5) is 8.28. The third-order valence-electron chi connectivity index (χ3n) is 2.72. The fourth-order valence-electron chi connectivity index (χ4n) is 1.99. The van der Waals surface area contributed by atoms with Crippen LogP contribution in [0.5, 0.6) is 11.8 Å². The van der Waals surface area contributed by atoms with E-state index in [1.807, 2.05) is 0 Å². The van der Waals surface area contributed by atoms with Crippen molar-refractivity contribution in [3.63, 3.8) is 0 Å². The van der Waals surface area contributed by atoms with Gasteiger partial charge in [-0.15, -0.1) is 0 Å². The summed E-state index contributed by atoms with van der Waals surface area (Å²) in [5, 5.41) is 0. The quantitative estimate of drug-likeness (QED) is 0.771. The number of rotatable bonds is 5. The van der Waals surface area contributed by atoms with E-state index < -0.39 is 0 Å². The highest BCUT2D eigenvalue weighted by molar-refractivity contribution is 5.40. The molecule has 0 fully saturated rings. The number of ether oxygens (including phenoxy) is 2. The molecule has 1 aromatic rings. The Morgan fingerprint density at radius 1 is 1.12 bits per heavy atom. The molecule has 0 unspecified atom stereocenters. The van der Waals surface area contributed by atoms with Gasteiger partial charge in [0.15, 0.2) is 0 Å². The minimum absolute atomic E-state index is 0.0489. The van der Waals surface area contributed by atoms with Crippen LogP contribution in [0.4, 0.5) is 0 Å². The zero-order valence-electron chi connectivity index (χ0n) is 10.7. The molecule has 0 spiro atoms. The smallest absolute Gasteiger partial charge is 0.223 e. The third kappa shape index (κ3) is 2.43. The Morgan fingerprint density at radius 2 is 1.62 bits per heavy atom. The van der Waals surface area contributed by atoms with Gasteiger partial charge in [0.1, 0.15) is 6.33 Å². The molecule has 1 heterocycles. The Balaban J connectivity index is 3.27. The second kappa shape index (κ2) is 5.14. The molecule has 0 N–H and O–H groups in total. The largest absolute Gasteiger partial charge is 0.481 e. The van der Waals surface area contributed by atoms with E-state index in [0.29, 0.717) is 11.8 Å². The SMILES string of the molecule is CCCC(C)(C)c1c(OC)ncnc1OC. The van der Waals surface area contributed by atoms with Crippen molar-refractivity contribution in [3.05, 3.63) is 11.9 Å². The van der Waals surface area contributed by atoms with Crippen molar-refractivity contribution in [1.82, 2.24) is 9.97 Å². The highest BCUT2D eigenvalue weighted by atomic mass is 16.5. The van der Waals surface area contributed by atoms with Crippen LogP contribution in [0.15, 0.2) is 6.33 Å². The number of hydrogen-bond donors (Lipinski definition) is 0. The predicted octanol–water partition coefficient (Wildman–Crippen LogP) is 2.57. The first-order valence-electron chi connectivity index (χ1n) is 5.50. The first-order valence-corrected chi connectivity index (χ1v) is 5.50. The minimum Gasteiger partial charge on any atom is -0.481 e. The van der Waals surface area contributed by atoms with Crippen LogP contribution in [-0.4, -0.2) is 24.2 Å². The van der Waals surface area contributed by atoms with E-state index in [1.54, 1.807) is 14.2 Å². The van der Waals surface area contributed by atoms with Crippen molar-refractivity contribution in [2.24, 2.45) is 0 Å². The average molecular weight is 224 g/mol. The van der Waals surface area contributed by atoms with Gasteiger partial charge in [0, 0.05) is 5.41 Å². The van der Waals surface area contributed by atoms with E-state index in [4.69, 9.17) is 9.47 Å². The zero-order valence-corrected chi connectivity index (χ0v) is 10.7. The molecule has 0 atom stereocenters. The van der Waals surface area contributed by atoms with Crippen molar-refractivity contribution < 1.29 is 9.47 Å². The maximum absolute atomic E-state index is 5.29. The van der Waals surface area contributed by atoms with Gasteiger partial charge in [-0.05, 0) is 6.42 Å². The lowest BCUT2D eigenvalue weighted by Crippen LogP contribution is -2.20. The number of hydrogen-bond acceptors (Lipinski definition) is 4. The van der Waals surface area contributed by atoms with Crippen LogP contribution in [0, 0.1) is 0 Å². The highest BCUT2D eigenvalue weighted by Gasteiger charge is 2.29. The monoisotopic (exact) mass is 224 g/mol. The van der Waals surface area contributed by atoms with Gasteiger partial charge in [0.05, 0.1) is 19.8 Å². The number of methoxy groups -OCH3 is 2. The molecule has 4 heteroatoms. The predicted molar refractivity (Wildman–Crippen MR) is 63.1 cm³/mol. The summed E-state index contributed by atoms with van der Waals surface area (Å²) in [5.41, 5.74) is 0.897. The molecule has 0 aromatic carbocycles. The maximum Gasteiger partial charge on any atom is 0.223 e. The first-order chi connectivity index (χ1) is 7.56. The molecule has 16 heavy (non-hydrogen) atoms. The highest BCUT2D eigenvalue weighted by Crippen LogP contribution is 2.38. The molecule has 0 aliphatic carbocycles. The van der Waals surface area contributed by atoms with Crippen LogP contribution in [0.2, 0.25) is 0 Å². The fraction of sp³-hybridized carbons (Fsp3) is 0.667. The molecule has 4 nitrogen and oxygen atoms in total. The van der Waals surface area contributed by atoms with Crippen molar-refractivity contribution in [2.75, 3.05) is 14.2 Å². The van der Waals surface area contributed by atoms with Gasteiger partial charge >= 0.3 is 0 Å². The summed E-state index contributed by atoms with van der Waals surface area (Å²) >= 11 is 0. The Labute approximate surface area is 97.0 Å². The van der Waals surface area contributed by atoms with Crippen molar-refractivity contribution in [1.29, 1.82) is 0 Å². The van der Waals surface area contributed by atoms with E-state index >= 15 is 0 Å². The summed E-state index contributed by atoms with van der Waals surface area (Å²) in [7, 11) is 3.24. The van der Waals surface area contributed by atoms with Crippen molar-refractivity contribution >= 4 is 0 Å². The Kier molecular flexibility index (Phi) is 4.10. The molecule has 0 aliphatic heterocycles. The lowest BCUT2D eigenvalue weighted by atomic mass is 9.81. The summed E-state index contributed by atoms with van der Waals surface area (Å²) in [6, 6.07) is 0. The molecule has 90 valence electrons. The summed E-state index contributed by atoms with van der Waals surface area (Å²) in [6.45, 7) is 6.46. The Morgan fingerprint density at radius 3 is 2.00 bits per heavy atom. The molecule has 0 bridgehead atoms. The van der Waals surface area contributed by atoms with Crippen LogP contribution >= 0.6 is 0 Å². The number of nitrogens with zero attached hydrogens (tertiary/aromatic N) is 2. The van der Waals surface area contributed by atoms with Crippen LogP contribution in [0.1, 0.15) is 39.2 Å². The lowest BCUT2D eigenvalue weighted by molar-refractivity contribution is 0.333. The van der Waals surface area contributed by atoms with Gasteiger partial charge in [-0.1, -0.05) is 27.2 Å². The van der Waals surface area contributed by atoms with Gasteiger partial charge in [0.25, 0.3) is 0 Å². The van der Waals surface area contributed by atoms with E-state index in [-0.39, 0.29) is 5.41 Å². The van der Waals surface area contributed by atoms with Crippen LogP contribution in [0.25, 0.3) is 0 Å². The molecule has 1 aromatic heterocycles. The van der Waals surface area contributed by atoms with Gasteiger partial charge in [-0.25, -0.2) is 9.97 Å². The molecule has 0 aliphatic rings. The topological polar surface area (TPSA) is 44.2 Å². The fourth-order valence-corrected chi connectivity index (χ4v) is 1.99. The van der Waals surface area contributed by atoms with Crippen LogP contribution < -0.4 is 9.47 Å². The van der Waals surface area contributed by atoms with Crippen molar-refractivity contribution in [2.45, 2.75) is 39.0 Å². The second-order valence-electron chi connectivity index (χ2n) is 4.40. The summed E-state index contributed by atoms with van der Waals surface area (Å²) in [6.07, 6.45) is 3.59. The standard InChI is InChI=1S/C12H20N2O2/c1-6-7-12(2,3)9-10(15-4)13-8-14-11(9)16-5/h8H,6-7H2,1-5H3. The Hall–Kier alpha value is -1.32. The van der Waals surface area contributed by atoms with Gasteiger partial charge in [0.2, 0.25) is 11.8 Å². The maximum atomic E-state index is 5.29. The summed E-state index contributed by atoms with van der Waals surface area (Å²) < 4.78 is 10.6. The molecular formula is C12H20N2O2. The van der Waals surface area contributed by atoms with Crippen LogP contribution in [-0.2, 0) is 5.41 Å². The molecule has 0 saturated carbocycles. The van der Waals surface area contributed by atoms with E-state index in [9.17, 15) is 0 Å². The molecule has 0 saturated heterocycles. The third-order valence-corrected chi connectivity index (χ3v) is 2.72. The van der Waals surface area contributed by atoms with E-state index in [0.717, 1.165) is 18.4 Å².